The summed E-state index contributed by atoms with van der Waals surface area (Å²) in [7, 11) is -1.65. The molecule has 0 spiro atoms. The topological polar surface area (TPSA) is 115 Å². The van der Waals surface area contributed by atoms with E-state index in [0.717, 1.165) is 35.7 Å². The molecule has 0 fully saturated rings. The summed E-state index contributed by atoms with van der Waals surface area (Å²) in [5.41, 5.74) is 3.17. The molecule has 0 aliphatic heterocycles. The molecule has 3 rings (SSSR count). The normalized spacial score (nSPS) is 11.9. The number of fused-ring (bicyclic) bond motifs is 1. The quantitative estimate of drug-likeness (QED) is 0.494. The fourth-order valence-corrected chi connectivity index (χ4v) is 3.67. The van der Waals surface area contributed by atoms with Crippen LogP contribution in [-0.2, 0) is 23.0 Å². The number of aryl methyl sites for hydroxylation is 1. The standard InChI is InChI=1S/C22H28N4O4S/c1-14(2)5-10-19-17-11-18(21(27)12-20(17)25-24-19)22(28)26(3)16-8-6-15(7-9-16)13-23-31(4,29)30/h6-9,11-12,14,23,27H,5,10,13H2,1-4H3,(H,24,25). The lowest BCUT2D eigenvalue weighted by atomic mass is 10.0. The van der Waals surface area contributed by atoms with Gasteiger partial charge in [-0.25, -0.2) is 13.1 Å². The summed E-state index contributed by atoms with van der Waals surface area (Å²) in [5.74, 6) is 0.0708. The highest BCUT2D eigenvalue weighted by Crippen LogP contribution is 2.29. The van der Waals surface area contributed by atoms with E-state index in [0.29, 0.717) is 17.1 Å². The number of nitrogens with zero attached hydrogens (tertiary/aromatic N) is 2. The molecule has 2 aromatic carbocycles. The number of aromatic amines is 1. The molecule has 1 heterocycles. The molecule has 1 amide bonds. The number of rotatable bonds is 8. The predicted molar refractivity (Wildman–Crippen MR) is 122 cm³/mol. The second kappa shape index (κ2) is 9.07. The fraction of sp³-hybridized carbons (Fsp3) is 0.364. The van der Waals surface area contributed by atoms with Crippen LogP contribution in [-0.4, -0.2) is 42.9 Å². The summed E-state index contributed by atoms with van der Waals surface area (Å²) in [4.78, 5) is 14.5. The van der Waals surface area contributed by atoms with Crippen LogP contribution < -0.4 is 9.62 Å². The van der Waals surface area contributed by atoms with Crippen LogP contribution in [0, 0.1) is 5.92 Å². The van der Waals surface area contributed by atoms with Gasteiger partial charge in [-0.1, -0.05) is 26.0 Å². The van der Waals surface area contributed by atoms with Gasteiger partial charge in [0.05, 0.1) is 23.0 Å². The van der Waals surface area contributed by atoms with Gasteiger partial charge in [0.2, 0.25) is 10.0 Å². The summed E-state index contributed by atoms with van der Waals surface area (Å²) >= 11 is 0. The van der Waals surface area contributed by atoms with E-state index in [1.165, 1.54) is 11.0 Å². The number of sulfonamides is 1. The Morgan fingerprint density at radius 2 is 1.90 bits per heavy atom. The van der Waals surface area contributed by atoms with Crippen LogP contribution in [0.5, 0.6) is 5.75 Å². The first-order chi connectivity index (χ1) is 14.5. The molecule has 3 N–H and O–H groups in total. The van der Waals surface area contributed by atoms with Gasteiger partial charge in [0.15, 0.2) is 0 Å². The van der Waals surface area contributed by atoms with Crippen molar-refractivity contribution in [3.63, 3.8) is 0 Å². The largest absolute Gasteiger partial charge is 0.507 e. The molecule has 166 valence electrons. The lowest BCUT2D eigenvalue weighted by molar-refractivity contribution is 0.0990. The molecule has 3 aromatic rings. The van der Waals surface area contributed by atoms with Crippen LogP contribution in [0.3, 0.4) is 0 Å². The van der Waals surface area contributed by atoms with Crippen molar-refractivity contribution in [2.24, 2.45) is 5.92 Å². The van der Waals surface area contributed by atoms with E-state index in [2.05, 4.69) is 28.8 Å². The monoisotopic (exact) mass is 444 g/mol. The van der Waals surface area contributed by atoms with Crippen LogP contribution in [0.25, 0.3) is 10.9 Å². The number of aromatic hydroxyl groups is 1. The predicted octanol–water partition coefficient (Wildman–Crippen LogP) is 3.18. The summed E-state index contributed by atoms with van der Waals surface area (Å²) < 4.78 is 24.9. The summed E-state index contributed by atoms with van der Waals surface area (Å²) in [6, 6.07) is 10.2. The number of amides is 1. The molecular formula is C22H28N4O4S. The molecule has 0 radical (unpaired) electrons. The molecule has 31 heavy (non-hydrogen) atoms. The van der Waals surface area contributed by atoms with Crippen LogP contribution in [0.1, 0.15) is 41.9 Å². The van der Waals surface area contributed by atoms with Gasteiger partial charge in [-0.2, -0.15) is 5.10 Å². The number of hydrogen-bond donors (Lipinski definition) is 3. The first kappa shape index (κ1) is 22.8. The zero-order valence-electron chi connectivity index (χ0n) is 18.1. The maximum Gasteiger partial charge on any atom is 0.261 e. The number of carbonyl (C=O) groups excluding carboxylic acids is 1. The number of anilines is 1. The summed E-state index contributed by atoms with van der Waals surface area (Å²) in [6.07, 6.45) is 2.87. The SMILES string of the molecule is CC(C)CCc1n[nH]c2cc(O)c(C(=O)N(C)c3ccc(CNS(C)(=O)=O)cc3)cc12. The Morgan fingerprint density at radius 3 is 2.52 bits per heavy atom. The highest BCUT2D eigenvalue weighted by atomic mass is 32.2. The van der Waals surface area contributed by atoms with Gasteiger partial charge in [-0.15, -0.1) is 0 Å². The van der Waals surface area contributed by atoms with Gasteiger partial charge < -0.3 is 10.0 Å². The summed E-state index contributed by atoms with van der Waals surface area (Å²) in [6.45, 7) is 4.47. The van der Waals surface area contributed by atoms with Gasteiger partial charge in [-0.3, -0.25) is 9.89 Å². The van der Waals surface area contributed by atoms with Crippen molar-refractivity contribution in [3.05, 3.63) is 53.2 Å². The number of benzene rings is 2. The van der Waals surface area contributed by atoms with Crippen LogP contribution >= 0.6 is 0 Å². The Balaban J connectivity index is 1.82. The minimum atomic E-state index is -3.28. The zero-order valence-corrected chi connectivity index (χ0v) is 19.0. The Hall–Kier alpha value is -2.91. The van der Waals surface area contributed by atoms with E-state index in [1.807, 2.05) is 0 Å². The van der Waals surface area contributed by atoms with E-state index in [9.17, 15) is 18.3 Å². The fourth-order valence-electron chi connectivity index (χ4n) is 3.24. The van der Waals surface area contributed by atoms with Gasteiger partial charge in [0, 0.05) is 30.7 Å². The molecule has 0 saturated heterocycles. The third kappa shape index (κ3) is 5.62. The Morgan fingerprint density at radius 1 is 1.23 bits per heavy atom. The minimum absolute atomic E-state index is 0.114. The number of H-pyrrole nitrogens is 1. The second-order valence-electron chi connectivity index (χ2n) is 8.14. The Labute approximate surface area is 182 Å². The molecular weight excluding hydrogens is 416 g/mol. The number of carbonyl (C=O) groups is 1. The second-order valence-corrected chi connectivity index (χ2v) is 9.97. The minimum Gasteiger partial charge on any atom is -0.507 e. The molecule has 1 aromatic heterocycles. The van der Waals surface area contributed by atoms with Crippen molar-refractivity contribution in [2.45, 2.75) is 33.2 Å². The average Bonchev–Trinajstić information content (AvgIpc) is 3.10. The number of nitrogens with one attached hydrogen (secondary N) is 2. The number of phenolic OH excluding ortho intramolecular Hbond substituents is 1. The molecule has 9 heteroatoms. The first-order valence-electron chi connectivity index (χ1n) is 10.1. The van der Waals surface area contributed by atoms with Crippen LogP contribution in [0.15, 0.2) is 36.4 Å². The average molecular weight is 445 g/mol. The third-order valence-corrected chi connectivity index (χ3v) is 5.78. The maximum atomic E-state index is 13.1. The van der Waals surface area contributed by atoms with Crippen molar-refractivity contribution >= 4 is 32.5 Å². The van der Waals surface area contributed by atoms with Crippen LogP contribution in [0.4, 0.5) is 5.69 Å². The molecule has 0 saturated carbocycles. The highest BCUT2D eigenvalue weighted by Gasteiger charge is 2.20. The molecule has 0 atom stereocenters. The number of phenols is 1. The van der Waals surface area contributed by atoms with E-state index >= 15 is 0 Å². The lowest BCUT2D eigenvalue weighted by Gasteiger charge is -2.18. The van der Waals surface area contributed by atoms with E-state index in [4.69, 9.17) is 0 Å². The molecule has 8 nitrogen and oxygen atoms in total. The van der Waals surface area contributed by atoms with Crippen molar-refractivity contribution in [1.82, 2.24) is 14.9 Å². The molecule has 0 unspecified atom stereocenters. The molecule has 0 bridgehead atoms. The Bertz CT molecular complexity index is 1180. The van der Waals surface area contributed by atoms with Crippen molar-refractivity contribution < 1.29 is 18.3 Å². The van der Waals surface area contributed by atoms with Crippen molar-refractivity contribution in [2.75, 3.05) is 18.2 Å². The molecule has 0 aliphatic carbocycles. The van der Waals surface area contributed by atoms with Gasteiger partial charge in [-0.05, 0) is 42.5 Å². The smallest absolute Gasteiger partial charge is 0.261 e. The highest BCUT2D eigenvalue weighted by molar-refractivity contribution is 7.88. The van der Waals surface area contributed by atoms with Gasteiger partial charge in [0.1, 0.15) is 5.75 Å². The van der Waals surface area contributed by atoms with E-state index < -0.39 is 10.0 Å². The molecule has 0 aliphatic rings. The van der Waals surface area contributed by atoms with Crippen LogP contribution in [0.2, 0.25) is 0 Å². The summed E-state index contributed by atoms with van der Waals surface area (Å²) in [5, 5.41) is 18.5. The lowest BCUT2D eigenvalue weighted by Crippen LogP contribution is -2.26. The zero-order chi connectivity index (χ0) is 22.8. The van der Waals surface area contributed by atoms with Gasteiger partial charge >= 0.3 is 0 Å². The van der Waals surface area contributed by atoms with Crippen molar-refractivity contribution in [3.8, 4) is 5.75 Å². The van der Waals surface area contributed by atoms with Crippen molar-refractivity contribution in [1.29, 1.82) is 0 Å². The number of hydrogen-bond acceptors (Lipinski definition) is 5. The maximum absolute atomic E-state index is 13.1. The number of aromatic nitrogens is 2. The van der Waals surface area contributed by atoms with Gasteiger partial charge in [0.25, 0.3) is 5.91 Å². The third-order valence-electron chi connectivity index (χ3n) is 5.11. The Kier molecular flexibility index (Phi) is 6.66. The van der Waals surface area contributed by atoms with E-state index in [-0.39, 0.29) is 23.8 Å². The van der Waals surface area contributed by atoms with E-state index in [1.54, 1.807) is 37.4 Å². The first-order valence-corrected chi connectivity index (χ1v) is 12.0.